The third-order valence-corrected chi connectivity index (χ3v) is 4.29. The van der Waals surface area contributed by atoms with Gasteiger partial charge < -0.3 is 10.1 Å². The van der Waals surface area contributed by atoms with Gasteiger partial charge >= 0.3 is 0 Å². The molecular formula is C16H24FNO. The Kier molecular flexibility index (Phi) is 4.81. The first-order valence-electron chi connectivity index (χ1n) is 7.21. The summed E-state index contributed by atoms with van der Waals surface area (Å²) in [6.45, 7) is 4.24. The number of nitrogens with one attached hydrogen (secondary N) is 1. The van der Waals surface area contributed by atoms with E-state index in [0.29, 0.717) is 17.4 Å². The van der Waals surface area contributed by atoms with Crippen molar-refractivity contribution in [2.75, 3.05) is 7.11 Å². The van der Waals surface area contributed by atoms with E-state index in [1.165, 1.54) is 31.7 Å². The molecule has 19 heavy (non-hydrogen) atoms. The maximum atomic E-state index is 14.0. The van der Waals surface area contributed by atoms with Gasteiger partial charge in [0.2, 0.25) is 0 Å². The van der Waals surface area contributed by atoms with E-state index < -0.39 is 0 Å². The van der Waals surface area contributed by atoms with E-state index in [4.69, 9.17) is 4.74 Å². The third-order valence-electron chi connectivity index (χ3n) is 4.29. The van der Waals surface area contributed by atoms with Crippen LogP contribution in [-0.2, 0) is 0 Å². The van der Waals surface area contributed by atoms with Gasteiger partial charge in [-0.05, 0) is 38.7 Å². The molecule has 2 rings (SSSR count). The number of benzene rings is 1. The van der Waals surface area contributed by atoms with Crippen LogP contribution in [0.3, 0.4) is 0 Å². The number of halogens is 1. The molecule has 0 heterocycles. The van der Waals surface area contributed by atoms with E-state index in [0.717, 1.165) is 5.92 Å². The molecule has 0 aliphatic heterocycles. The Morgan fingerprint density at radius 2 is 1.95 bits per heavy atom. The van der Waals surface area contributed by atoms with Gasteiger partial charge in [0.25, 0.3) is 0 Å². The molecular weight excluding hydrogens is 241 g/mol. The summed E-state index contributed by atoms with van der Waals surface area (Å²) in [5, 5.41) is 3.54. The molecule has 0 radical (unpaired) electrons. The van der Waals surface area contributed by atoms with Crippen LogP contribution in [-0.4, -0.2) is 13.2 Å². The molecule has 1 aliphatic rings. The lowest BCUT2D eigenvalue weighted by Gasteiger charge is -2.25. The van der Waals surface area contributed by atoms with Crippen molar-refractivity contribution in [3.63, 3.8) is 0 Å². The molecule has 1 aromatic rings. The minimum atomic E-state index is -0.196. The molecule has 1 aromatic carbocycles. The van der Waals surface area contributed by atoms with Crippen LogP contribution < -0.4 is 10.1 Å². The van der Waals surface area contributed by atoms with Crippen LogP contribution in [0, 0.1) is 11.7 Å². The average Bonchev–Trinajstić information content (AvgIpc) is 2.92. The van der Waals surface area contributed by atoms with Crippen molar-refractivity contribution in [3.8, 4) is 5.75 Å². The molecule has 1 fully saturated rings. The lowest BCUT2D eigenvalue weighted by molar-refractivity contribution is 0.348. The number of ether oxygens (including phenoxy) is 1. The van der Waals surface area contributed by atoms with Gasteiger partial charge in [0.15, 0.2) is 0 Å². The lowest BCUT2D eigenvalue weighted by Crippen LogP contribution is -2.34. The van der Waals surface area contributed by atoms with Gasteiger partial charge in [0, 0.05) is 23.7 Å². The molecule has 2 nitrogen and oxygen atoms in total. The second kappa shape index (κ2) is 6.38. The van der Waals surface area contributed by atoms with E-state index in [-0.39, 0.29) is 11.9 Å². The van der Waals surface area contributed by atoms with E-state index >= 15 is 0 Å². The predicted molar refractivity (Wildman–Crippen MR) is 75.9 cm³/mol. The molecule has 1 saturated carbocycles. The highest BCUT2D eigenvalue weighted by molar-refractivity contribution is 5.30. The molecule has 0 spiro atoms. The Labute approximate surface area is 115 Å². The van der Waals surface area contributed by atoms with Gasteiger partial charge in [-0.25, -0.2) is 4.39 Å². The van der Waals surface area contributed by atoms with Crippen molar-refractivity contribution >= 4 is 0 Å². The van der Waals surface area contributed by atoms with Crippen molar-refractivity contribution in [2.24, 2.45) is 5.92 Å². The molecule has 0 saturated heterocycles. The number of rotatable bonds is 5. The van der Waals surface area contributed by atoms with Crippen molar-refractivity contribution in [1.29, 1.82) is 0 Å². The van der Waals surface area contributed by atoms with Crippen LogP contribution in [0.15, 0.2) is 18.2 Å². The molecule has 0 aromatic heterocycles. The van der Waals surface area contributed by atoms with Crippen molar-refractivity contribution in [2.45, 2.75) is 51.6 Å². The summed E-state index contributed by atoms with van der Waals surface area (Å²) in [7, 11) is 1.55. The smallest absolute Gasteiger partial charge is 0.131 e. The summed E-state index contributed by atoms with van der Waals surface area (Å²) < 4.78 is 19.0. The first kappa shape index (κ1) is 14.3. The summed E-state index contributed by atoms with van der Waals surface area (Å²) >= 11 is 0. The van der Waals surface area contributed by atoms with Gasteiger partial charge in [-0.15, -0.1) is 0 Å². The minimum absolute atomic E-state index is 0.0292. The largest absolute Gasteiger partial charge is 0.497 e. The number of hydrogen-bond donors (Lipinski definition) is 1. The van der Waals surface area contributed by atoms with Gasteiger partial charge in [0.1, 0.15) is 11.6 Å². The molecule has 1 unspecified atom stereocenters. The Morgan fingerprint density at radius 1 is 1.26 bits per heavy atom. The van der Waals surface area contributed by atoms with Crippen molar-refractivity contribution in [3.05, 3.63) is 29.6 Å². The maximum Gasteiger partial charge on any atom is 0.131 e. The fraction of sp³-hybridized carbons (Fsp3) is 0.625. The Hall–Kier alpha value is -1.09. The molecule has 1 N–H and O–H groups in total. The maximum absolute atomic E-state index is 14.0. The first-order chi connectivity index (χ1) is 9.11. The Balaban J connectivity index is 2.00. The van der Waals surface area contributed by atoms with Crippen LogP contribution in [0.2, 0.25) is 0 Å². The average molecular weight is 265 g/mol. The number of methoxy groups -OCH3 is 1. The summed E-state index contributed by atoms with van der Waals surface area (Å²) in [5.41, 5.74) is 0.714. The summed E-state index contributed by atoms with van der Waals surface area (Å²) in [5.74, 6) is 1.11. The second-order valence-electron chi connectivity index (χ2n) is 5.61. The second-order valence-corrected chi connectivity index (χ2v) is 5.61. The van der Waals surface area contributed by atoms with Crippen LogP contribution in [0.1, 0.15) is 51.1 Å². The molecule has 0 bridgehead atoms. The van der Waals surface area contributed by atoms with E-state index in [9.17, 15) is 4.39 Å². The van der Waals surface area contributed by atoms with E-state index in [2.05, 4.69) is 12.2 Å². The van der Waals surface area contributed by atoms with Gasteiger partial charge in [-0.3, -0.25) is 0 Å². The zero-order valence-corrected chi connectivity index (χ0v) is 12.1. The quantitative estimate of drug-likeness (QED) is 0.866. The Morgan fingerprint density at radius 3 is 2.53 bits per heavy atom. The summed E-state index contributed by atoms with van der Waals surface area (Å²) in [4.78, 5) is 0. The predicted octanol–water partition coefficient (Wildman–Crippen LogP) is 4.06. The Bertz CT molecular complexity index is 415. The molecule has 1 aliphatic carbocycles. The highest BCUT2D eigenvalue weighted by Crippen LogP contribution is 2.29. The van der Waals surface area contributed by atoms with Gasteiger partial charge in [-0.2, -0.15) is 0 Å². The fourth-order valence-electron chi connectivity index (χ4n) is 3.06. The molecule has 106 valence electrons. The SMILES string of the molecule is COc1ccc(C(C)N[C@@H](C)C2CCCC2)c(F)c1. The van der Waals surface area contributed by atoms with Gasteiger partial charge in [0.05, 0.1) is 7.11 Å². The lowest BCUT2D eigenvalue weighted by atomic mass is 9.97. The molecule has 0 amide bonds. The monoisotopic (exact) mass is 265 g/mol. The zero-order valence-electron chi connectivity index (χ0n) is 12.1. The van der Waals surface area contributed by atoms with Crippen LogP contribution in [0.25, 0.3) is 0 Å². The minimum Gasteiger partial charge on any atom is -0.497 e. The zero-order chi connectivity index (χ0) is 13.8. The summed E-state index contributed by atoms with van der Waals surface area (Å²) in [6, 6.07) is 5.55. The first-order valence-corrected chi connectivity index (χ1v) is 7.21. The van der Waals surface area contributed by atoms with Crippen LogP contribution >= 0.6 is 0 Å². The van der Waals surface area contributed by atoms with Crippen molar-refractivity contribution in [1.82, 2.24) is 5.32 Å². The van der Waals surface area contributed by atoms with Crippen LogP contribution in [0.5, 0.6) is 5.75 Å². The highest BCUT2D eigenvalue weighted by Gasteiger charge is 2.23. The molecule has 3 heteroatoms. The summed E-state index contributed by atoms with van der Waals surface area (Å²) in [6.07, 6.45) is 5.27. The third kappa shape index (κ3) is 3.47. The van der Waals surface area contributed by atoms with E-state index in [1.54, 1.807) is 7.11 Å². The fourth-order valence-corrected chi connectivity index (χ4v) is 3.06. The van der Waals surface area contributed by atoms with Crippen molar-refractivity contribution < 1.29 is 9.13 Å². The normalized spacial score (nSPS) is 19.4. The van der Waals surface area contributed by atoms with Crippen LogP contribution in [0.4, 0.5) is 4.39 Å². The standard InChI is InChI=1S/C16H24FNO/c1-11(13-6-4-5-7-13)18-12(2)15-9-8-14(19-3)10-16(15)17/h8-13,18H,4-7H2,1-3H3/t11-,12?/m0/s1. The molecule has 2 atom stereocenters. The number of hydrogen-bond acceptors (Lipinski definition) is 2. The van der Waals surface area contributed by atoms with E-state index in [1.807, 2.05) is 19.1 Å². The highest BCUT2D eigenvalue weighted by atomic mass is 19.1. The topological polar surface area (TPSA) is 21.3 Å². The van der Waals surface area contributed by atoms with Gasteiger partial charge in [-0.1, -0.05) is 18.9 Å².